The Bertz CT molecular complexity index is 1120. The molecule has 0 saturated carbocycles. The Hall–Kier alpha value is -2.24. The molecule has 0 N–H and O–H groups in total. The smallest absolute Gasteiger partial charge is 0.263 e. The van der Waals surface area contributed by atoms with E-state index in [1.54, 1.807) is 22.7 Å². The molecule has 26 heavy (non-hydrogen) atoms. The van der Waals surface area contributed by atoms with Crippen LogP contribution in [0.5, 0.6) is 0 Å². The van der Waals surface area contributed by atoms with Crippen molar-refractivity contribution in [3.05, 3.63) is 74.2 Å². The third-order valence-corrected chi connectivity index (χ3v) is 7.05. The first kappa shape index (κ1) is 16.0. The molecule has 130 valence electrons. The van der Waals surface area contributed by atoms with Crippen molar-refractivity contribution in [2.24, 2.45) is 0 Å². The first-order valence-corrected chi connectivity index (χ1v) is 10.6. The Morgan fingerprint density at radius 1 is 1.04 bits per heavy atom. The van der Waals surface area contributed by atoms with E-state index in [0.29, 0.717) is 6.54 Å². The first-order chi connectivity index (χ1) is 12.8. The average Bonchev–Trinajstić information content (AvgIpc) is 3.32. The highest BCUT2D eigenvalue weighted by Gasteiger charge is 2.22. The highest BCUT2D eigenvalue weighted by Crippen LogP contribution is 2.35. The molecule has 0 amide bonds. The number of thiophene rings is 2. The molecule has 0 fully saturated rings. The predicted molar refractivity (Wildman–Crippen MR) is 109 cm³/mol. The zero-order valence-corrected chi connectivity index (χ0v) is 15.9. The van der Waals surface area contributed by atoms with Crippen LogP contribution in [0.1, 0.15) is 28.8 Å². The van der Waals surface area contributed by atoms with Gasteiger partial charge in [0.15, 0.2) is 5.82 Å². The van der Waals surface area contributed by atoms with Crippen LogP contribution in [0.25, 0.3) is 20.9 Å². The molecule has 0 bridgehead atoms. The summed E-state index contributed by atoms with van der Waals surface area (Å²) in [6.07, 6.45) is 4.48. The molecule has 3 nitrogen and oxygen atoms in total. The molecule has 0 saturated heterocycles. The van der Waals surface area contributed by atoms with Crippen LogP contribution in [-0.4, -0.2) is 9.55 Å². The second kappa shape index (κ2) is 6.49. The molecule has 0 atom stereocenters. The Morgan fingerprint density at radius 2 is 1.88 bits per heavy atom. The average molecular weight is 379 g/mol. The minimum atomic E-state index is 0.113. The lowest BCUT2D eigenvalue weighted by Crippen LogP contribution is -2.24. The summed E-state index contributed by atoms with van der Waals surface area (Å²) in [4.78, 5) is 21.8. The fourth-order valence-corrected chi connectivity index (χ4v) is 5.72. The van der Waals surface area contributed by atoms with Crippen molar-refractivity contribution < 1.29 is 0 Å². The summed E-state index contributed by atoms with van der Waals surface area (Å²) >= 11 is 3.36. The first-order valence-electron chi connectivity index (χ1n) is 8.94. The van der Waals surface area contributed by atoms with E-state index in [1.807, 2.05) is 40.3 Å². The van der Waals surface area contributed by atoms with Crippen LogP contribution in [-0.2, 0) is 19.4 Å². The van der Waals surface area contributed by atoms with Gasteiger partial charge >= 0.3 is 0 Å². The Balaban J connectivity index is 1.78. The molecule has 1 aliphatic carbocycles. The minimum Gasteiger partial charge on any atom is -0.287 e. The molecule has 0 unspecified atom stereocenters. The number of aryl methyl sites for hydroxylation is 2. The van der Waals surface area contributed by atoms with Crippen molar-refractivity contribution in [3.63, 3.8) is 0 Å². The Labute approximate surface area is 159 Å². The van der Waals surface area contributed by atoms with Gasteiger partial charge in [-0.05, 0) is 48.3 Å². The normalized spacial score (nSPS) is 13.8. The molecule has 1 aliphatic rings. The van der Waals surface area contributed by atoms with Crippen LogP contribution in [0, 0.1) is 0 Å². The van der Waals surface area contributed by atoms with Crippen molar-refractivity contribution in [3.8, 4) is 10.7 Å². The van der Waals surface area contributed by atoms with E-state index >= 15 is 0 Å². The summed E-state index contributed by atoms with van der Waals surface area (Å²) in [5.74, 6) is 0.792. The van der Waals surface area contributed by atoms with Crippen LogP contribution in [0.3, 0.4) is 0 Å². The third kappa shape index (κ3) is 2.63. The predicted octanol–water partition coefficient (Wildman–Crippen LogP) is 5.11. The summed E-state index contributed by atoms with van der Waals surface area (Å²) < 4.78 is 1.87. The molecular formula is C21H18N2OS2. The zero-order valence-electron chi connectivity index (χ0n) is 14.3. The Kier molecular flexibility index (Phi) is 3.98. The highest BCUT2D eigenvalue weighted by atomic mass is 32.1. The van der Waals surface area contributed by atoms with Crippen LogP contribution in [0.4, 0.5) is 0 Å². The number of fused-ring (bicyclic) bond motifs is 3. The van der Waals surface area contributed by atoms with Gasteiger partial charge in [0.05, 0.1) is 16.8 Å². The van der Waals surface area contributed by atoms with Gasteiger partial charge in [0.2, 0.25) is 0 Å². The number of nitrogens with zero attached hydrogens (tertiary/aromatic N) is 2. The van der Waals surface area contributed by atoms with Gasteiger partial charge < -0.3 is 0 Å². The lowest BCUT2D eigenvalue weighted by molar-refractivity contribution is 0.698. The lowest BCUT2D eigenvalue weighted by atomic mass is 9.97. The summed E-state index contributed by atoms with van der Waals surface area (Å²) in [6.45, 7) is 0.556. The van der Waals surface area contributed by atoms with Crippen molar-refractivity contribution >= 4 is 32.9 Å². The second-order valence-corrected chi connectivity index (χ2v) is 8.71. The van der Waals surface area contributed by atoms with Crippen molar-refractivity contribution in [2.75, 3.05) is 0 Å². The molecule has 0 spiro atoms. The third-order valence-electron chi connectivity index (χ3n) is 5.00. The van der Waals surface area contributed by atoms with E-state index in [4.69, 9.17) is 4.98 Å². The zero-order chi connectivity index (χ0) is 17.5. The molecule has 5 heteroatoms. The number of benzene rings is 1. The van der Waals surface area contributed by atoms with E-state index in [0.717, 1.165) is 39.3 Å². The quantitative estimate of drug-likeness (QED) is 0.496. The molecular weight excluding hydrogens is 360 g/mol. The van der Waals surface area contributed by atoms with Gasteiger partial charge in [-0.15, -0.1) is 22.7 Å². The van der Waals surface area contributed by atoms with E-state index in [1.165, 1.54) is 23.3 Å². The molecule has 5 rings (SSSR count). The van der Waals surface area contributed by atoms with E-state index in [-0.39, 0.29) is 5.56 Å². The SMILES string of the molecule is O=c1c2c3c(sc2nc(-c2cccs2)n1Cc1ccccc1)CCCC3. The molecule has 3 aromatic heterocycles. The number of hydrogen-bond donors (Lipinski definition) is 0. The lowest BCUT2D eigenvalue weighted by Gasteiger charge is -2.13. The van der Waals surface area contributed by atoms with Gasteiger partial charge in [0, 0.05) is 4.88 Å². The summed E-state index contributed by atoms with van der Waals surface area (Å²) in [7, 11) is 0. The minimum absolute atomic E-state index is 0.113. The number of aromatic nitrogens is 2. The standard InChI is InChI=1S/C21H18N2OS2/c24-21-18-15-9-4-5-10-16(15)26-20(18)22-19(17-11-6-12-25-17)23(21)13-14-7-2-1-3-8-14/h1-3,6-8,11-12H,4-5,9-10,13H2. The molecule has 4 aromatic rings. The van der Waals surface area contributed by atoms with Gasteiger partial charge in [-0.3, -0.25) is 9.36 Å². The van der Waals surface area contributed by atoms with Crippen LogP contribution in [0.2, 0.25) is 0 Å². The summed E-state index contributed by atoms with van der Waals surface area (Å²) in [6, 6.07) is 14.2. The Morgan fingerprint density at radius 3 is 2.69 bits per heavy atom. The van der Waals surface area contributed by atoms with E-state index < -0.39 is 0 Å². The van der Waals surface area contributed by atoms with Crippen LogP contribution in [0.15, 0.2) is 52.6 Å². The van der Waals surface area contributed by atoms with Crippen molar-refractivity contribution in [1.82, 2.24) is 9.55 Å². The topological polar surface area (TPSA) is 34.9 Å². The van der Waals surface area contributed by atoms with E-state index in [9.17, 15) is 4.79 Å². The maximum absolute atomic E-state index is 13.5. The fraction of sp³-hybridized carbons (Fsp3) is 0.238. The summed E-state index contributed by atoms with van der Waals surface area (Å²) in [5, 5.41) is 2.90. The second-order valence-electron chi connectivity index (χ2n) is 6.68. The van der Waals surface area contributed by atoms with E-state index in [2.05, 4.69) is 12.1 Å². The maximum atomic E-state index is 13.5. The fourth-order valence-electron chi connectivity index (χ4n) is 3.75. The number of hydrogen-bond acceptors (Lipinski definition) is 4. The monoisotopic (exact) mass is 378 g/mol. The van der Waals surface area contributed by atoms with Crippen LogP contribution < -0.4 is 5.56 Å². The van der Waals surface area contributed by atoms with Crippen molar-refractivity contribution in [1.29, 1.82) is 0 Å². The molecule has 1 aromatic carbocycles. The summed E-state index contributed by atoms with van der Waals surface area (Å²) in [5.41, 5.74) is 2.49. The van der Waals surface area contributed by atoms with Crippen molar-refractivity contribution in [2.45, 2.75) is 32.2 Å². The van der Waals surface area contributed by atoms with Gasteiger partial charge in [-0.25, -0.2) is 4.98 Å². The largest absolute Gasteiger partial charge is 0.287 e. The highest BCUT2D eigenvalue weighted by molar-refractivity contribution is 7.19. The van der Waals surface area contributed by atoms with Crippen LogP contribution >= 0.6 is 22.7 Å². The van der Waals surface area contributed by atoms with Gasteiger partial charge in [-0.2, -0.15) is 0 Å². The van der Waals surface area contributed by atoms with Gasteiger partial charge in [0.25, 0.3) is 5.56 Å². The van der Waals surface area contributed by atoms with Gasteiger partial charge in [0.1, 0.15) is 4.83 Å². The van der Waals surface area contributed by atoms with Gasteiger partial charge in [-0.1, -0.05) is 36.4 Å². The maximum Gasteiger partial charge on any atom is 0.263 e. The molecule has 3 heterocycles. The molecule has 0 radical (unpaired) electrons. The molecule has 0 aliphatic heterocycles. The number of rotatable bonds is 3.